The summed E-state index contributed by atoms with van der Waals surface area (Å²) in [6.45, 7) is 4.55. The second-order valence-corrected chi connectivity index (χ2v) is 4.97. The lowest BCUT2D eigenvalue weighted by molar-refractivity contribution is 0.102. The Morgan fingerprint density at radius 1 is 0.952 bits per heavy atom. The van der Waals surface area contributed by atoms with Crippen molar-refractivity contribution in [3.05, 3.63) is 64.7 Å². The molecule has 2 rings (SSSR count). The molecule has 0 aliphatic carbocycles. The third-order valence-electron chi connectivity index (χ3n) is 3.72. The van der Waals surface area contributed by atoms with E-state index >= 15 is 0 Å². The molecule has 2 aromatic rings. The monoisotopic (exact) mass is 282 g/mol. The van der Waals surface area contributed by atoms with Crippen LogP contribution in [0.25, 0.3) is 0 Å². The van der Waals surface area contributed by atoms with E-state index in [2.05, 4.69) is 31.3 Å². The predicted molar refractivity (Wildman–Crippen MR) is 87.5 cm³/mol. The molecule has 0 heterocycles. The minimum Gasteiger partial charge on any atom is -0.326 e. The molecule has 0 aliphatic heterocycles. The molecule has 0 bridgehead atoms. The van der Waals surface area contributed by atoms with E-state index < -0.39 is 0 Å². The van der Waals surface area contributed by atoms with E-state index in [0.717, 1.165) is 35.2 Å². The minimum atomic E-state index is -0.0911. The van der Waals surface area contributed by atoms with Gasteiger partial charge in [-0.2, -0.15) is 0 Å². The fourth-order valence-corrected chi connectivity index (χ4v) is 2.50. The quantitative estimate of drug-likeness (QED) is 0.881. The summed E-state index contributed by atoms with van der Waals surface area (Å²) in [6.07, 6.45) is 1.78. The topological polar surface area (TPSA) is 55.1 Å². The lowest BCUT2D eigenvalue weighted by Crippen LogP contribution is -2.17. The first kappa shape index (κ1) is 15.3. The van der Waals surface area contributed by atoms with Crippen LogP contribution >= 0.6 is 0 Å². The third-order valence-corrected chi connectivity index (χ3v) is 3.72. The second-order valence-electron chi connectivity index (χ2n) is 4.97. The Hall–Kier alpha value is -2.13. The van der Waals surface area contributed by atoms with Crippen molar-refractivity contribution in [2.45, 2.75) is 33.2 Å². The van der Waals surface area contributed by atoms with Crippen LogP contribution in [-0.4, -0.2) is 5.91 Å². The van der Waals surface area contributed by atoms with Gasteiger partial charge in [0.15, 0.2) is 0 Å². The SMILES string of the molecule is CCc1cccc(CC)c1NC(=O)c1ccccc1CN. The van der Waals surface area contributed by atoms with Gasteiger partial charge in [-0.1, -0.05) is 50.2 Å². The molecule has 3 nitrogen and oxygen atoms in total. The van der Waals surface area contributed by atoms with Gasteiger partial charge in [-0.15, -0.1) is 0 Å². The van der Waals surface area contributed by atoms with Crippen LogP contribution in [0.1, 0.15) is 40.9 Å². The van der Waals surface area contributed by atoms with Crippen molar-refractivity contribution in [2.75, 3.05) is 5.32 Å². The Labute approximate surface area is 126 Å². The third kappa shape index (κ3) is 3.31. The molecule has 0 aliphatic rings. The van der Waals surface area contributed by atoms with Crippen LogP contribution in [0.3, 0.4) is 0 Å². The Bertz CT molecular complexity index is 613. The van der Waals surface area contributed by atoms with Crippen LogP contribution in [0.15, 0.2) is 42.5 Å². The van der Waals surface area contributed by atoms with Gasteiger partial charge in [-0.25, -0.2) is 0 Å². The number of nitrogens with one attached hydrogen (secondary N) is 1. The van der Waals surface area contributed by atoms with E-state index in [1.54, 1.807) is 0 Å². The molecule has 0 unspecified atom stereocenters. The van der Waals surface area contributed by atoms with Crippen molar-refractivity contribution >= 4 is 11.6 Å². The number of nitrogens with two attached hydrogens (primary N) is 1. The first-order chi connectivity index (χ1) is 10.2. The van der Waals surface area contributed by atoms with Gasteiger partial charge < -0.3 is 11.1 Å². The number of benzene rings is 2. The summed E-state index contributed by atoms with van der Waals surface area (Å²) in [4.78, 5) is 12.6. The number of anilines is 1. The van der Waals surface area contributed by atoms with E-state index in [1.807, 2.05) is 30.3 Å². The van der Waals surface area contributed by atoms with E-state index in [9.17, 15) is 4.79 Å². The van der Waals surface area contributed by atoms with Gasteiger partial charge in [0.05, 0.1) is 0 Å². The summed E-state index contributed by atoms with van der Waals surface area (Å²) in [5.74, 6) is -0.0911. The summed E-state index contributed by atoms with van der Waals surface area (Å²) >= 11 is 0. The van der Waals surface area contributed by atoms with Gasteiger partial charge in [-0.05, 0) is 35.6 Å². The van der Waals surface area contributed by atoms with Crippen molar-refractivity contribution in [1.82, 2.24) is 0 Å². The van der Waals surface area contributed by atoms with Crippen molar-refractivity contribution < 1.29 is 4.79 Å². The molecule has 0 saturated carbocycles. The predicted octanol–water partition coefficient (Wildman–Crippen LogP) is 3.52. The first-order valence-corrected chi connectivity index (χ1v) is 7.41. The number of amides is 1. The van der Waals surface area contributed by atoms with E-state index in [0.29, 0.717) is 12.1 Å². The molecule has 3 heteroatoms. The summed E-state index contributed by atoms with van der Waals surface area (Å²) < 4.78 is 0. The molecule has 0 aromatic heterocycles. The zero-order chi connectivity index (χ0) is 15.2. The number of aryl methyl sites for hydroxylation is 2. The van der Waals surface area contributed by atoms with Crippen molar-refractivity contribution in [3.63, 3.8) is 0 Å². The molecule has 0 fully saturated rings. The maximum absolute atomic E-state index is 12.6. The Balaban J connectivity index is 2.36. The Kier molecular flexibility index (Phi) is 5.12. The van der Waals surface area contributed by atoms with E-state index in [4.69, 9.17) is 5.73 Å². The average Bonchev–Trinajstić information content (AvgIpc) is 2.54. The highest BCUT2D eigenvalue weighted by Crippen LogP contribution is 2.23. The zero-order valence-corrected chi connectivity index (χ0v) is 12.6. The summed E-state index contributed by atoms with van der Waals surface area (Å²) in [5, 5.41) is 3.08. The molecule has 0 saturated heterocycles. The van der Waals surface area contributed by atoms with Crippen LogP contribution < -0.4 is 11.1 Å². The molecule has 1 amide bonds. The van der Waals surface area contributed by atoms with Crippen LogP contribution in [0.5, 0.6) is 0 Å². The molecule has 0 atom stereocenters. The molecular formula is C18H22N2O. The Morgan fingerprint density at radius 2 is 1.52 bits per heavy atom. The standard InChI is InChI=1S/C18H22N2O/c1-3-13-9-7-10-14(4-2)17(13)20-18(21)16-11-6-5-8-15(16)12-19/h5-11H,3-4,12,19H2,1-2H3,(H,20,21). The number of hydrogen-bond acceptors (Lipinski definition) is 2. The van der Waals surface area contributed by atoms with Gasteiger partial charge in [0.2, 0.25) is 0 Å². The normalized spacial score (nSPS) is 10.4. The van der Waals surface area contributed by atoms with Crippen molar-refractivity contribution in [2.24, 2.45) is 5.73 Å². The smallest absolute Gasteiger partial charge is 0.256 e. The summed E-state index contributed by atoms with van der Waals surface area (Å²) in [5.41, 5.74) is 10.5. The number of rotatable bonds is 5. The number of hydrogen-bond donors (Lipinski definition) is 2. The molecule has 3 N–H and O–H groups in total. The maximum Gasteiger partial charge on any atom is 0.256 e. The highest BCUT2D eigenvalue weighted by atomic mass is 16.1. The van der Waals surface area contributed by atoms with Gasteiger partial charge in [0.1, 0.15) is 0 Å². The van der Waals surface area contributed by atoms with Crippen LogP contribution in [0.4, 0.5) is 5.69 Å². The summed E-state index contributed by atoms with van der Waals surface area (Å²) in [6, 6.07) is 13.6. The highest BCUT2D eigenvalue weighted by molar-refractivity contribution is 6.06. The van der Waals surface area contributed by atoms with Crippen molar-refractivity contribution in [1.29, 1.82) is 0 Å². The largest absolute Gasteiger partial charge is 0.326 e. The molecule has 2 aromatic carbocycles. The fraction of sp³-hybridized carbons (Fsp3) is 0.278. The molecule has 0 radical (unpaired) electrons. The van der Waals surface area contributed by atoms with Crippen molar-refractivity contribution in [3.8, 4) is 0 Å². The first-order valence-electron chi connectivity index (χ1n) is 7.41. The van der Waals surface area contributed by atoms with Crippen LogP contribution in [0.2, 0.25) is 0 Å². The summed E-state index contributed by atoms with van der Waals surface area (Å²) in [7, 11) is 0. The number of carbonyl (C=O) groups excluding carboxylic acids is 1. The molecule has 0 spiro atoms. The number of para-hydroxylation sites is 1. The van der Waals surface area contributed by atoms with Gasteiger partial charge in [0.25, 0.3) is 5.91 Å². The average molecular weight is 282 g/mol. The maximum atomic E-state index is 12.6. The number of carbonyl (C=O) groups is 1. The zero-order valence-electron chi connectivity index (χ0n) is 12.6. The van der Waals surface area contributed by atoms with Crippen LogP contribution in [-0.2, 0) is 19.4 Å². The molecular weight excluding hydrogens is 260 g/mol. The fourth-order valence-electron chi connectivity index (χ4n) is 2.50. The minimum absolute atomic E-state index is 0.0911. The van der Waals surface area contributed by atoms with E-state index in [1.165, 1.54) is 0 Å². The Morgan fingerprint density at radius 3 is 2.10 bits per heavy atom. The highest BCUT2D eigenvalue weighted by Gasteiger charge is 2.13. The van der Waals surface area contributed by atoms with E-state index in [-0.39, 0.29) is 5.91 Å². The lowest BCUT2D eigenvalue weighted by atomic mass is 10.0. The van der Waals surface area contributed by atoms with Gasteiger partial charge in [-0.3, -0.25) is 4.79 Å². The van der Waals surface area contributed by atoms with Gasteiger partial charge in [0, 0.05) is 17.8 Å². The molecule has 110 valence electrons. The lowest BCUT2D eigenvalue weighted by Gasteiger charge is -2.15. The second kappa shape index (κ2) is 7.04. The van der Waals surface area contributed by atoms with Crippen LogP contribution in [0, 0.1) is 0 Å². The van der Waals surface area contributed by atoms with Gasteiger partial charge >= 0.3 is 0 Å². The molecule has 21 heavy (non-hydrogen) atoms.